The minimum absolute atomic E-state index is 0.113. The van der Waals surface area contributed by atoms with Gasteiger partial charge in [-0.1, -0.05) is 18.7 Å². The largest absolute Gasteiger partial charge is 0.324 e. The van der Waals surface area contributed by atoms with Gasteiger partial charge in [0.2, 0.25) is 5.95 Å². The molecular weight excluding hydrogens is 424 g/mol. The lowest BCUT2D eigenvalue weighted by molar-refractivity contribution is -0.116. The lowest BCUT2D eigenvalue weighted by Gasteiger charge is -2.13. The molecule has 25 heavy (non-hydrogen) atoms. The smallest absolute Gasteiger partial charge is 0.228 e. The standard InChI is InChI=1S/C16H19BrN4O2S2/c1-4-14(10(2)22)24-15-13(17)9-19-16(21-15)20-11-5-7-12(8-6-11)25(3,18)23/h5-9,14H,3-4H2,1-2H3,(H2,18,23)(H,19,20,21). The molecule has 0 bridgehead atoms. The lowest BCUT2D eigenvalue weighted by atomic mass is 10.2. The van der Waals surface area contributed by atoms with E-state index in [0.717, 1.165) is 16.6 Å². The van der Waals surface area contributed by atoms with Crippen LogP contribution < -0.4 is 10.5 Å². The maximum atomic E-state index is 11.7. The normalized spacial score (nSPS) is 14.6. The molecule has 2 aromatic rings. The highest BCUT2D eigenvalue weighted by molar-refractivity contribution is 9.10. The first kappa shape index (κ1) is 19.9. The van der Waals surface area contributed by atoms with Crippen LogP contribution in [0.4, 0.5) is 11.6 Å². The molecule has 0 saturated heterocycles. The van der Waals surface area contributed by atoms with Gasteiger partial charge in [0, 0.05) is 16.8 Å². The van der Waals surface area contributed by atoms with Crippen LogP contribution in [0.25, 0.3) is 0 Å². The number of thioether (sulfide) groups is 1. The molecule has 9 heteroatoms. The highest BCUT2D eigenvalue weighted by Crippen LogP contribution is 2.31. The number of halogens is 1. The van der Waals surface area contributed by atoms with E-state index >= 15 is 0 Å². The zero-order chi connectivity index (χ0) is 18.6. The summed E-state index contributed by atoms with van der Waals surface area (Å²) in [6.07, 6.45) is 2.37. The van der Waals surface area contributed by atoms with Crippen molar-refractivity contribution < 1.29 is 9.00 Å². The minimum Gasteiger partial charge on any atom is -0.324 e. The highest BCUT2D eigenvalue weighted by atomic mass is 79.9. The van der Waals surface area contributed by atoms with Crippen LogP contribution in [-0.4, -0.2) is 31.1 Å². The van der Waals surface area contributed by atoms with Gasteiger partial charge in [-0.25, -0.2) is 14.2 Å². The Bertz CT molecular complexity index is 870. The van der Waals surface area contributed by atoms with Crippen molar-refractivity contribution in [1.82, 2.24) is 9.97 Å². The number of ketones is 1. The number of Topliss-reactive ketones (excluding diaryl/α,β-unsaturated/α-hetero) is 1. The van der Waals surface area contributed by atoms with E-state index in [9.17, 15) is 9.00 Å². The molecule has 1 heterocycles. The molecule has 134 valence electrons. The van der Waals surface area contributed by atoms with Crippen molar-refractivity contribution in [2.45, 2.75) is 35.4 Å². The first-order valence-corrected chi connectivity index (χ1v) is 10.9. The van der Waals surface area contributed by atoms with E-state index < -0.39 is 9.71 Å². The van der Waals surface area contributed by atoms with Crippen LogP contribution in [0, 0.1) is 0 Å². The van der Waals surface area contributed by atoms with Crippen molar-refractivity contribution in [2.75, 3.05) is 5.32 Å². The molecule has 0 aliphatic carbocycles. The molecule has 3 N–H and O–H groups in total. The van der Waals surface area contributed by atoms with E-state index in [1.807, 2.05) is 6.92 Å². The Kier molecular flexibility index (Phi) is 6.61. The molecule has 1 aromatic carbocycles. The third-order valence-corrected chi connectivity index (χ3v) is 6.70. The third kappa shape index (κ3) is 5.53. The molecule has 0 radical (unpaired) electrons. The van der Waals surface area contributed by atoms with Gasteiger partial charge in [-0.3, -0.25) is 9.93 Å². The monoisotopic (exact) mass is 442 g/mol. The van der Waals surface area contributed by atoms with E-state index in [1.54, 1.807) is 37.4 Å². The summed E-state index contributed by atoms with van der Waals surface area (Å²) in [6.45, 7) is 3.54. The second kappa shape index (κ2) is 8.31. The zero-order valence-electron chi connectivity index (χ0n) is 13.9. The summed E-state index contributed by atoms with van der Waals surface area (Å²) < 4.78 is 12.4. The summed E-state index contributed by atoms with van der Waals surface area (Å²) in [5.41, 5.74) is 0.726. The lowest BCUT2D eigenvalue weighted by Crippen LogP contribution is -2.12. The Morgan fingerprint density at radius 1 is 1.44 bits per heavy atom. The number of nitrogens with one attached hydrogen (secondary N) is 1. The molecule has 2 rings (SSSR count). The van der Waals surface area contributed by atoms with Gasteiger partial charge in [-0.05, 0) is 59.4 Å². The van der Waals surface area contributed by atoms with Crippen LogP contribution in [0.2, 0.25) is 0 Å². The average Bonchev–Trinajstić information content (AvgIpc) is 2.54. The second-order valence-electron chi connectivity index (χ2n) is 5.35. The fraction of sp³-hybridized carbons (Fsp3) is 0.250. The van der Waals surface area contributed by atoms with Gasteiger partial charge >= 0.3 is 0 Å². The van der Waals surface area contributed by atoms with Crippen LogP contribution in [0.3, 0.4) is 0 Å². The van der Waals surface area contributed by atoms with E-state index in [0.29, 0.717) is 15.9 Å². The second-order valence-corrected chi connectivity index (χ2v) is 9.32. The van der Waals surface area contributed by atoms with Crippen molar-refractivity contribution in [3.63, 3.8) is 0 Å². The molecule has 0 aliphatic rings. The topological polar surface area (TPSA) is 98.0 Å². The van der Waals surface area contributed by atoms with Crippen LogP contribution in [-0.2, 0) is 14.5 Å². The molecule has 0 saturated carbocycles. The summed E-state index contributed by atoms with van der Waals surface area (Å²) in [5.74, 6) is 3.97. The first-order chi connectivity index (χ1) is 11.7. The maximum absolute atomic E-state index is 11.7. The number of hydrogen-bond acceptors (Lipinski definition) is 6. The van der Waals surface area contributed by atoms with Gasteiger partial charge in [0.05, 0.1) is 19.4 Å². The summed E-state index contributed by atoms with van der Waals surface area (Å²) in [5, 5.41) is 9.14. The predicted molar refractivity (Wildman–Crippen MR) is 108 cm³/mol. The molecule has 1 aromatic heterocycles. The fourth-order valence-electron chi connectivity index (χ4n) is 1.98. The summed E-state index contributed by atoms with van der Waals surface area (Å²) in [7, 11) is -2.73. The average molecular weight is 443 g/mol. The van der Waals surface area contributed by atoms with E-state index in [2.05, 4.69) is 37.1 Å². The number of carbonyl (C=O) groups excluding carboxylic acids is 1. The van der Waals surface area contributed by atoms with Gasteiger partial charge in [0.25, 0.3) is 0 Å². The number of carbonyl (C=O) groups is 1. The number of anilines is 2. The van der Waals surface area contributed by atoms with Crippen molar-refractivity contribution >= 4 is 60.7 Å². The SMILES string of the molecule is C=S(N)(=O)c1ccc(Nc2ncc(Br)c(SC(CC)C(C)=O)n2)cc1. The van der Waals surface area contributed by atoms with Crippen LogP contribution in [0.1, 0.15) is 20.3 Å². The zero-order valence-corrected chi connectivity index (χ0v) is 17.1. The maximum Gasteiger partial charge on any atom is 0.228 e. The van der Waals surface area contributed by atoms with Crippen molar-refractivity contribution in [1.29, 1.82) is 0 Å². The Labute approximate surface area is 160 Å². The molecule has 2 unspecified atom stereocenters. The van der Waals surface area contributed by atoms with Crippen LogP contribution in [0.15, 0.2) is 44.9 Å². The Morgan fingerprint density at radius 2 is 2.08 bits per heavy atom. The minimum atomic E-state index is -2.73. The van der Waals surface area contributed by atoms with Crippen LogP contribution >= 0.6 is 27.7 Å². The van der Waals surface area contributed by atoms with Crippen molar-refractivity contribution in [2.24, 2.45) is 5.14 Å². The first-order valence-electron chi connectivity index (χ1n) is 7.42. The number of hydrogen-bond donors (Lipinski definition) is 2. The summed E-state index contributed by atoms with van der Waals surface area (Å²) >= 11 is 4.82. The predicted octanol–water partition coefficient (Wildman–Crippen LogP) is 3.39. The molecule has 0 aliphatic heterocycles. The van der Waals surface area contributed by atoms with Gasteiger partial charge < -0.3 is 5.32 Å². The van der Waals surface area contributed by atoms with Crippen LogP contribution in [0.5, 0.6) is 0 Å². The molecule has 2 atom stereocenters. The third-order valence-electron chi connectivity index (χ3n) is 3.30. The Balaban J connectivity index is 2.20. The van der Waals surface area contributed by atoms with E-state index in [4.69, 9.17) is 5.14 Å². The molecule has 6 nitrogen and oxygen atoms in total. The highest BCUT2D eigenvalue weighted by Gasteiger charge is 2.17. The van der Waals surface area contributed by atoms with Gasteiger partial charge in [-0.2, -0.15) is 0 Å². The summed E-state index contributed by atoms with van der Waals surface area (Å²) in [4.78, 5) is 20.8. The quantitative estimate of drug-likeness (QED) is 0.387. The van der Waals surface area contributed by atoms with Gasteiger partial charge in [-0.15, -0.1) is 0 Å². The summed E-state index contributed by atoms with van der Waals surface area (Å²) in [6, 6.07) is 6.76. The van der Waals surface area contributed by atoms with Gasteiger partial charge in [0.1, 0.15) is 10.8 Å². The number of nitrogens with zero attached hydrogens (tertiary/aromatic N) is 2. The molecular formula is C16H19BrN4O2S2. The van der Waals surface area contributed by atoms with E-state index in [1.165, 1.54) is 11.8 Å². The fourth-order valence-corrected chi connectivity index (χ4v) is 3.96. The number of aromatic nitrogens is 2. The Hall–Kier alpha value is -1.42. The molecule has 0 spiro atoms. The van der Waals surface area contributed by atoms with E-state index in [-0.39, 0.29) is 11.0 Å². The molecule has 0 fully saturated rings. The van der Waals surface area contributed by atoms with Gasteiger partial charge in [0.15, 0.2) is 0 Å². The number of benzene rings is 1. The van der Waals surface area contributed by atoms with Crippen molar-refractivity contribution in [3.8, 4) is 0 Å². The molecule has 0 amide bonds. The Morgan fingerprint density at radius 3 is 2.60 bits per heavy atom. The number of nitrogens with two attached hydrogens (primary N) is 1. The number of rotatable bonds is 7. The van der Waals surface area contributed by atoms with Crippen molar-refractivity contribution in [3.05, 3.63) is 34.9 Å².